The second-order valence-corrected chi connectivity index (χ2v) is 6.26. The van der Waals surface area contributed by atoms with Crippen LogP contribution in [0.5, 0.6) is 17.2 Å². The lowest BCUT2D eigenvalue weighted by Gasteiger charge is -2.13. The van der Waals surface area contributed by atoms with E-state index in [4.69, 9.17) is 14.2 Å². The molecule has 2 amide bonds. The molecule has 6 nitrogen and oxygen atoms in total. The first-order valence-electron chi connectivity index (χ1n) is 8.99. The molecule has 2 N–H and O–H groups in total. The van der Waals surface area contributed by atoms with E-state index in [1.165, 1.54) is 11.1 Å². The molecule has 6 heteroatoms. The minimum atomic E-state index is -0.242. The third-order valence-corrected chi connectivity index (χ3v) is 4.15. The Balaban J connectivity index is 1.59. The minimum absolute atomic E-state index is 0.242. The summed E-state index contributed by atoms with van der Waals surface area (Å²) in [6.45, 7) is 7.80. The fourth-order valence-corrected chi connectivity index (χ4v) is 2.48. The summed E-state index contributed by atoms with van der Waals surface area (Å²) in [6.07, 6.45) is 0. The van der Waals surface area contributed by atoms with Crippen molar-refractivity contribution >= 4 is 6.03 Å². The van der Waals surface area contributed by atoms with E-state index in [1.807, 2.05) is 37.3 Å². The molecule has 2 rings (SSSR count). The predicted molar refractivity (Wildman–Crippen MR) is 106 cm³/mol. The number of carbonyl (C=O) groups excluding carboxylic acids is 1. The van der Waals surface area contributed by atoms with Crippen LogP contribution in [0.1, 0.15) is 16.7 Å². The molecule has 0 aliphatic rings. The van der Waals surface area contributed by atoms with Gasteiger partial charge in [0.1, 0.15) is 30.5 Å². The van der Waals surface area contributed by atoms with Crippen LogP contribution in [0.3, 0.4) is 0 Å². The number of methoxy groups -OCH3 is 1. The van der Waals surface area contributed by atoms with Crippen molar-refractivity contribution in [3.8, 4) is 17.2 Å². The summed E-state index contributed by atoms with van der Waals surface area (Å²) < 4.78 is 16.4. The largest absolute Gasteiger partial charge is 0.497 e. The Bertz CT molecular complexity index is 745. The van der Waals surface area contributed by atoms with Gasteiger partial charge in [-0.15, -0.1) is 0 Å². The standard InChI is InChI=1S/C21H28N2O4/c1-15-13-17(3)20(14-16(15)2)27-12-10-23-21(24)22-9-11-26-19-7-5-18(25-4)6-8-19/h5-8,13-14H,9-12H2,1-4H3,(H2,22,23,24). The summed E-state index contributed by atoms with van der Waals surface area (Å²) in [4.78, 5) is 11.8. The smallest absolute Gasteiger partial charge is 0.315 e. The highest BCUT2D eigenvalue weighted by Crippen LogP contribution is 2.22. The molecule has 0 heterocycles. The average Bonchev–Trinajstić information content (AvgIpc) is 2.66. The number of hydrogen-bond donors (Lipinski definition) is 2. The van der Waals surface area contributed by atoms with E-state index >= 15 is 0 Å². The Labute approximate surface area is 160 Å². The molecule has 0 fully saturated rings. The van der Waals surface area contributed by atoms with Crippen molar-refractivity contribution in [1.82, 2.24) is 10.6 Å². The number of hydrogen-bond acceptors (Lipinski definition) is 4. The summed E-state index contributed by atoms with van der Waals surface area (Å²) in [7, 11) is 1.62. The lowest BCUT2D eigenvalue weighted by atomic mass is 10.1. The van der Waals surface area contributed by atoms with Gasteiger partial charge in [-0.25, -0.2) is 4.79 Å². The molecule has 0 radical (unpaired) electrons. The molecule has 0 saturated carbocycles. The van der Waals surface area contributed by atoms with Gasteiger partial charge < -0.3 is 24.8 Å². The van der Waals surface area contributed by atoms with Crippen LogP contribution in [-0.4, -0.2) is 39.4 Å². The number of amides is 2. The Kier molecular flexibility index (Phi) is 7.79. The summed E-state index contributed by atoms with van der Waals surface area (Å²) in [6, 6.07) is 11.2. The highest BCUT2D eigenvalue weighted by atomic mass is 16.5. The number of nitrogens with one attached hydrogen (secondary N) is 2. The van der Waals surface area contributed by atoms with E-state index in [0.717, 1.165) is 22.8 Å². The summed E-state index contributed by atoms with van der Waals surface area (Å²) in [5.74, 6) is 2.36. The van der Waals surface area contributed by atoms with Crippen LogP contribution < -0.4 is 24.8 Å². The number of aryl methyl sites for hydroxylation is 3. The zero-order valence-electron chi connectivity index (χ0n) is 16.4. The Morgan fingerprint density at radius 1 is 0.815 bits per heavy atom. The van der Waals surface area contributed by atoms with Gasteiger partial charge in [0.15, 0.2) is 0 Å². The fraction of sp³-hybridized carbons (Fsp3) is 0.381. The van der Waals surface area contributed by atoms with E-state index in [-0.39, 0.29) is 6.03 Å². The van der Waals surface area contributed by atoms with Gasteiger partial charge in [-0.2, -0.15) is 0 Å². The number of ether oxygens (including phenoxy) is 3. The van der Waals surface area contributed by atoms with Crippen molar-refractivity contribution in [2.24, 2.45) is 0 Å². The summed E-state index contributed by atoms with van der Waals surface area (Å²) in [5, 5.41) is 5.51. The molecule has 146 valence electrons. The molecule has 0 aliphatic carbocycles. The van der Waals surface area contributed by atoms with E-state index in [1.54, 1.807) is 7.11 Å². The number of rotatable bonds is 9. The van der Waals surface area contributed by atoms with E-state index in [0.29, 0.717) is 26.3 Å². The molecular weight excluding hydrogens is 344 g/mol. The third-order valence-electron chi connectivity index (χ3n) is 4.15. The number of carbonyl (C=O) groups is 1. The highest BCUT2D eigenvalue weighted by molar-refractivity contribution is 5.73. The van der Waals surface area contributed by atoms with Crippen LogP contribution >= 0.6 is 0 Å². The molecule has 0 saturated heterocycles. The molecular formula is C21H28N2O4. The Morgan fingerprint density at radius 2 is 1.37 bits per heavy atom. The maximum Gasteiger partial charge on any atom is 0.315 e. The molecule has 2 aromatic rings. The van der Waals surface area contributed by atoms with Crippen molar-refractivity contribution in [3.63, 3.8) is 0 Å². The van der Waals surface area contributed by atoms with Crippen molar-refractivity contribution < 1.29 is 19.0 Å². The van der Waals surface area contributed by atoms with Crippen LogP contribution in [0.15, 0.2) is 36.4 Å². The van der Waals surface area contributed by atoms with E-state index in [2.05, 4.69) is 30.5 Å². The maximum atomic E-state index is 11.8. The topological polar surface area (TPSA) is 68.8 Å². The van der Waals surface area contributed by atoms with Gasteiger partial charge >= 0.3 is 6.03 Å². The molecule has 0 aromatic heterocycles. The van der Waals surface area contributed by atoms with Crippen LogP contribution in [0.25, 0.3) is 0 Å². The first-order chi connectivity index (χ1) is 13.0. The maximum absolute atomic E-state index is 11.8. The quantitative estimate of drug-likeness (QED) is 0.662. The zero-order chi connectivity index (χ0) is 19.6. The van der Waals surface area contributed by atoms with Gasteiger partial charge in [-0.3, -0.25) is 0 Å². The molecule has 0 atom stereocenters. The molecule has 0 spiro atoms. The first kappa shape index (κ1) is 20.4. The van der Waals surface area contributed by atoms with Crippen molar-refractivity contribution in [1.29, 1.82) is 0 Å². The molecule has 0 unspecified atom stereocenters. The van der Waals surface area contributed by atoms with Crippen molar-refractivity contribution in [2.75, 3.05) is 33.4 Å². The number of benzene rings is 2. The van der Waals surface area contributed by atoms with Crippen LogP contribution in [0, 0.1) is 20.8 Å². The van der Waals surface area contributed by atoms with Crippen molar-refractivity contribution in [2.45, 2.75) is 20.8 Å². The minimum Gasteiger partial charge on any atom is -0.497 e. The molecule has 2 aromatic carbocycles. The lowest BCUT2D eigenvalue weighted by Crippen LogP contribution is -2.39. The monoisotopic (exact) mass is 372 g/mol. The molecule has 0 aliphatic heterocycles. The third kappa shape index (κ3) is 6.73. The second kappa shape index (κ2) is 10.3. The molecule has 27 heavy (non-hydrogen) atoms. The molecule has 0 bridgehead atoms. The van der Waals surface area contributed by atoms with Crippen LogP contribution in [0.4, 0.5) is 4.79 Å². The normalized spacial score (nSPS) is 10.2. The van der Waals surface area contributed by atoms with Gasteiger partial charge in [0.25, 0.3) is 0 Å². The SMILES string of the molecule is COc1ccc(OCCNC(=O)NCCOc2cc(C)c(C)cc2C)cc1. The van der Waals surface area contributed by atoms with Crippen LogP contribution in [-0.2, 0) is 0 Å². The van der Waals surface area contributed by atoms with Gasteiger partial charge in [-0.05, 0) is 67.8 Å². The predicted octanol–water partition coefficient (Wildman–Crippen LogP) is 3.38. The van der Waals surface area contributed by atoms with Crippen LogP contribution in [0.2, 0.25) is 0 Å². The Hall–Kier alpha value is -2.89. The lowest BCUT2D eigenvalue weighted by molar-refractivity contribution is 0.232. The fourth-order valence-electron chi connectivity index (χ4n) is 2.48. The second-order valence-electron chi connectivity index (χ2n) is 6.26. The highest BCUT2D eigenvalue weighted by Gasteiger charge is 2.04. The van der Waals surface area contributed by atoms with Gasteiger partial charge in [0.2, 0.25) is 0 Å². The van der Waals surface area contributed by atoms with E-state index in [9.17, 15) is 4.79 Å². The Morgan fingerprint density at radius 3 is 2.00 bits per heavy atom. The summed E-state index contributed by atoms with van der Waals surface area (Å²) in [5.41, 5.74) is 3.53. The van der Waals surface area contributed by atoms with Gasteiger partial charge in [0.05, 0.1) is 20.2 Å². The summed E-state index contributed by atoms with van der Waals surface area (Å²) >= 11 is 0. The van der Waals surface area contributed by atoms with E-state index < -0.39 is 0 Å². The average molecular weight is 372 g/mol. The van der Waals surface area contributed by atoms with Gasteiger partial charge in [0, 0.05) is 0 Å². The zero-order valence-corrected chi connectivity index (χ0v) is 16.4. The van der Waals surface area contributed by atoms with Gasteiger partial charge in [-0.1, -0.05) is 6.07 Å². The van der Waals surface area contributed by atoms with Crippen molar-refractivity contribution in [3.05, 3.63) is 53.1 Å². The first-order valence-corrected chi connectivity index (χ1v) is 8.99. The number of urea groups is 1.